The first-order valence-electron chi connectivity index (χ1n) is 9.03. The Morgan fingerprint density at radius 1 is 0.786 bits per heavy atom. The van der Waals surface area contributed by atoms with Gasteiger partial charge in [-0.15, -0.1) is 0 Å². The van der Waals surface area contributed by atoms with E-state index in [1.807, 2.05) is 12.1 Å². The number of hydrogen-bond acceptors (Lipinski definition) is 8. The van der Waals surface area contributed by atoms with Crippen molar-refractivity contribution < 1.29 is 27.2 Å². The standard InChI is InChI=1S/C18H26N2O6P2/c1-5-23-27(21,24-6-2)13-16-10-9-15(11-19)17(12-20)18(16)14-28(22,25-7-3)26-8-4/h9-10H,5-8,13-14H2,1-4H3. The zero-order chi connectivity index (χ0) is 21.2. The predicted molar refractivity (Wildman–Crippen MR) is 105 cm³/mol. The highest BCUT2D eigenvalue weighted by Crippen LogP contribution is 2.55. The number of benzene rings is 1. The molecule has 8 nitrogen and oxygen atoms in total. The molecule has 0 N–H and O–H groups in total. The Balaban J connectivity index is 3.54. The molecule has 0 fully saturated rings. The van der Waals surface area contributed by atoms with Crippen LogP contribution in [0.3, 0.4) is 0 Å². The predicted octanol–water partition coefficient (Wildman–Crippen LogP) is 4.96. The van der Waals surface area contributed by atoms with E-state index in [9.17, 15) is 19.7 Å². The maximum absolute atomic E-state index is 13.1. The quantitative estimate of drug-likeness (QED) is 0.429. The summed E-state index contributed by atoms with van der Waals surface area (Å²) in [6.07, 6.45) is -0.344. The monoisotopic (exact) mass is 428 g/mol. The van der Waals surface area contributed by atoms with Crippen LogP contribution in [-0.2, 0) is 39.5 Å². The molecule has 0 saturated heterocycles. The molecule has 0 aliphatic heterocycles. The summed E-state index contributed by atoms with van der Waals surface area (Å²) in [5.74, 6) is 0. The second kappa shape index (κ2) is 11.5. The Bertz CT molecular complexity index is 824. The van der Waals surface area contributed by atoms with Crippen molar-refractivity contribution in [3.63, 3.8) is 0 Å². The molecule has 0 atom stereocenters. The van der Waals surface area contributed by atoms with Crippen molar-refractivity contribution in [2.24, 2.45) is 0 Å². The SMILES string of the molecule is CCOP(=O)(Cc1ccc(C#N)c(C#N)c1CP(=O)(OCC)OCC)OCC. The average molecular weight is 428 g/mol. The van der Waals surface area contributed by atoms with Gasteiger partial charge in [0.15, 0.2) is 0 Å². The minimum atomic E-state index is -3.57. The minimum Gasteiger partial charge on any atom is -0.309 e. The van der Waals surface area contributed by atoms with Crippen molar-refractivity contribution in [2.45, 2.75) is 40.0 Å². The van der Waals surface area contributed by atoms with Crippen LogP contribution in [0.2, 0.25) is 0 Å². The molecule has 0 radical (unpaired) electrons. The summed E-state index contributed by atoms with van der Waals surface area (Å²) in [5, 5.41) is 18.9. The maximum Gasteiger partial charge on any atom is 0.335 e. The highest BCUT2D eigenvalue weighted by atomic mass is 31.2. The van der Waals surface area contributed by atoms with E-state index in [2.05, 4.69) is 0 Å². The van der Waals surface area contributed by atoms with Gasteiger partial charge in [-0.05, 0) is 44.9 Å². The second-order valence-corrected chi connectivity index (χ2v) is 9.67. The van der Waals surface area contributed by atoms with Crippen LogP contribution in [-0.4, -0.2) is 26.4 Å². The molecule has 10 heteroatoms. The molecule has 154 valence electrons. The highest BCUT2D eigenvalue weighted by Gasteiger charge is 2.32. The molecular weight excluding hydrogens is 402 g/mol. The van der Waals surface area contributed by atoms with Crippen LogP contribution in [0.25, 0.3) is 0 Å². The summed E-state index contributed by atoms with van der Waals surface area (Å²) >= 11 is 0. The van der Waals surface area contributed by atoms with E-state index < -0.39 is 15.2 Å². The summed E-state index contributed by atoms with van der Waals surface area (Å²) in [5.41, 5.74) is 0.925. The Kier molecular flexibility index (Phi) is 10.1. The highest BCUT2D eigenvalue weighted by molar-refractivity contribution is 7.53. The Morgan fingerprint density at radius 2 is 1.25 bits per heavy atom. The van der Waals surface area contributed by atoms with Gasteiger partial charge in [-0.2, -0.15) is 10.5 Å². The lowest BCUT2D eigenvalue weighted by Gasteiger charge is -2.22. The maximum atomic E-state index is 13.1. The molecule has 1 aromatic carbocycles. The van der Waals surface area contributed by atoms with E-state index in [0.29, 0.717) is 11.1 Å². The van der Waals surface area contributed by atoms with Crippen molar-refractivity contribution in [3.05, 3.63) is 34.4 Å². The van der Waals surface area contributed by atoms with Gasteiger partial charge < -0.3 is 18.1 Å². The molecular formula is C18H26N2O6P2. The van der Waals surface area contributed by atoms with Gasteiger partial charge in [0.05, 0.1) is 49.9 Å². The fraction of sp³-hybridized carbons (Fsp3) is 0.556. The Hall–Kier alpha value is -1.50. The molecule has 0 unspecified atom stereocenters. The van der Waals surface area contributed by atoms with Gasteiger partial charge in [0.1, 0.15) is 12.1 Å². The normalized spacial score (nSPS) is 11.8. The molecule has 28 heavy (non-hydrogen) atoms. The van der Waals surface area contributed by atoms with Gasteiger partial charge in [-0.25, -0.2) is 0 Å². The van der Waals surface area contributed by atoms with Gasteiger partial charge in [0.2, 0.25) is 0 Å². The summed E-state index contributed by atoms with van der Waals surface area (Å²) < 4.78 is 47.4. The third-order valence-electron chi connectivity index (χ3n) is 3.66. The van der Waals surface area contributed by atoms with E-state index in [0.717, 1.165) is 0 Å². The number of hydrogen-bond donors (Lipinski definition) is 0. The zero-order valence-electron chi connectivity index (χ0n) is 16.6. The molecule has 0 heterocycles. The zero-order valence-corrected chi connectivity index (χ0v) is 18.4. The van der Waals surface area contributed by atoms with Crippen molar-refractivity contribution in [1.29, 1.82) is 10.5 Å². The topological polar surface area (TPSA) is 119 Å². The molecule has 0 aliphatic rings. The van der Waals surface area contributed by atoms with E-state index in [4.69, 9.17) is 18.1 Å². The largest absolute Gasteiger partial charge is 0.335 e. The van der Waals surface area contributed by atoms with E-state index in [-0.39, 0.29) is 49.9 Å². The summed E-state index contributed by atoms with van der Waals surface area (Å²) in [4.78, 5) is 0. The minimum absolute atomic E-state index is 0.0548. The van der Waals surface area contributed by atoms with Gasteiger partial charge in [0, 0.05) is 0 Å². The van der Waals surface area contributed by atoms with Gasteiger partial charge >= 0.3 is 15.2 Å². The molecule has 0 saturated carbocycles. The van der Waals surface area contributed by atoms with Crippen molar-refractivity contribution >= 4 is 15.2 Å². The molecule has 1 rings (SSSR count). The first kappa shape index (κ1) is 24.5. The fourth-order valence-electron chi connectivity index (χ4n) is 2.69. The van der Waals surface area contributed by atoms with Crippen molar-refractivity contribution in [3.8, 4) is 12.1 Å². The van der Waals surface area contributed by atoms with Crippen LogP contribution < -0.4 is 0 Å². The smallest absolute Gasteiger partial charge is 0.309 e. The van der Waals surface area contributed by atoms with Crippen LogP contribution in [0.4, 0.5) is 0 Å². The van der Waals surface area contributed by atoms with Crippen LogP contribution in [0.1, 0.15) is 49.9 Å². The van der Waals surface area contributed by atoms with Crippen molar-refractivity contribution in [2.75, 3.05) is 26.4 Å². The lowest BCUT2D eigenvalue weighted by molar-refractivity contribution is 0.217. The van der Waals surface area contributed by atoms with Gasteiger partial charge in [-0.1, -0.05) is 6.07 Å². The van der Waals surface area contributed by atoms with E-state index in [1.165, 1.54) is 6.07 Å². The average Bonchev–Trinajstić information content (AvgIpc) is 2.63. The fourth-order valence-corrected chi connectivity index (χ4v) is 6.24. The third kappa shape index (κ3) is 6.54. The second-order valence-electron chi connectivity index (χ2n) is 5.56. The summed E-state index contributed by atoms with van der Waals surface area (Å²) in [7, 11) is -7.05. The lowest BCUT2D eigenvalue weighted by atomic mass is 9.99. The van der Waals surface area contributed by atoms with Gasteiger partial charge in [-0.3, -0.25) is 9.13 Å². The van der Waals surface area contributed by atoms with E-state index in [1.54, 1.807) is 33.8 Å². The lowest BCUT2D eigenvalue weighted by Crippen LogP contribution is -2.07. The van der Waals surface area contributed by atoms with E-state index >= 15 is 0 Å². The molecule has 0 spiro atoms. The van der Waals surface area contributed by atoms with Crippen LogP contribution >= 0.6 is 15.2 Å². The summed E-state index contributed by atoms with van der Waals surface area (Å²) in [6.45, 7) is 7.44. The third-order valence-corrected chi connectivity index (χ3v) is 7.70. The first-order valence-corrected chi connectivity index (χ1v) is 12.5. The Labute approximate surface area is 166 Å². The molecule has 0 bridgehead atoms. The molecule has 0 aliphatic carbocycles. The van der Waals surface area contributed by atoms with Crippen LogP contribution in [0, 0.1) is 22.7 Å². The first-order chi connectivity index (χ1) is 13.3. The number of nitriles is 2. The van der Waals surface area contributed by atoms with Gasteiger partial charge in [0.25, 0.3) is 0 Å². The Morgan fingerprint density at radius 3 is 1.64 bits per heavy atom. The van der Waals surface area contributed by atoms with Crippen molar-refractivity contribution in [1.82, 2.24) is 0 Å². The molecule has 1 aromatic rings. The van der Waals surface area contributed by atoms with Crippen LogP contribution in [0.15, 0.2) is 12.1 Å². The number of rotatable bonds is 12. The molecule has 0 aromatic heterocycles. The number of nitrogens with zero attached hydrogens (tertiary/aromatic N) is 2. The summed E-state index contributed by atoms with van der Waals surface area (Å²) in [6, 6.07) is 6.97. The molecule has 0 amide bonds. The van der Waals surface area contributed by atoms with Crippen LogP contribution in [0.5, 0.6) is 0 Å².